The third-order valence-electron chi connectivity index (χ3n) is 4.20. The molecule has 0 saturated heterocycles. The molecule has 0 unspecified atom stereocenters. The summed E-state index contributed by atoms with van der Waals surface area (Å²) in [5, 5.41) is 19.6. The van der Waals surface area contributed by atoms with Gasteiger partial charge in [0.15, 0.2) is 0 Å². The van der Waals surface area contributed by atoms with Gasteiger partial charge >= 0.3 is 5.97 Å². The standard InChI is InChI=1S/C16H22FNO3/c1-18(10-12-2-4-14(17)5-3-12)11-16(21)8-6-13(7-9-16)15(19)20/h2-5,13,21H,6-11H2,1H3,(H,19,20). The molecular formula is C16H22FNO3. The highest BCUT2D eigenvalue weighted by Crippen LogP contribution is 2.32. The van der Waals surface area contributed by atoms with Crippen LogP contribution in [-0.4, -0.2) is 40.3 Å². The maximum Gasteiger partial charge on any atom is 0.306 e. The van der Waals surface area contributed by atoms with Crippen molar-refractivity contribution in [3.8, 4) is 0 Å². The Morgan fingerprint density at radius 3 is 2.43 bits per heavy atom. The lowest BCUT2D eigenvalue weighted by atomic mass is 9.78. The van der Waals surface area contributed by atoms with E-state index in [0.29, 0.717) is 38.8 Å². The average Bonchev–Trinajstić information content (AvgIpc) is 2.41. The van der Waals surface area contributed by atoms with Crippen molar-refractivity contribution in [1.29, 1.82) is 0 Å². The predicted molar refractivity (Wildman–Crippen MR) is 77.3 cm³/mol. The van der Waals surface area contributed by atoms with E-state index < -0.39 is 11.6 Å². The van der Waals surface area contributed by atoms with Crippen LogP contribution in [0.1, 0.15) is 31.2 Å². The van der Waals surface area contributed by atoms with Gasteiger partial charge in [-0.25, -0.2) is 4.39 Å². The van der Waals surface area contributed by atoms with Crippen molar-refractivity contribution in [3.63, 3.8) is 0 Å². The maximum absolute atomic E-state index is 12.9. The summed E-state index contributed by atoms with van der Waals surface area (Å²) in [7, 11) is 1.91. The number of benzene rings is 1. The van der Waals surface area contributed by atoms with Gasteiger partial charge < -0.3 is 10.2 Å². The summed E-state index contributed by atoms with van der Waals surface area (Å²) in [4.78, 5) is 12.9. The van der Waals surface area contributed by atoms with Crippen LogP contribution in [0.25, 0.3) is 0 Å². The zero-order chi connectivity index (χ0) is 15.5. The molecule has 0 radical (unpaired) electrons. The fourth-order valence-electron chi connectivity index (χ4n) is 3.02. The van der Waals surface area contributed by atoms with Crippen molar-refractivity contribution >= 4 is 5.97 Å². The minimum absolute atomic E-state index is 0.257. The third-order valence-corrected chi connectivity index (χ3v) is 4.20. The van der Waals surface area contributed by atoms with Crippen molar-refractivity contribution < 1.29 is 19.4 Å². The van der Waals surface area contributed by atoms with Crippen molar-refractivity contribution in [2.24, 2.45) is 5.92 Å². The monoisotopic (exact) mass is 295 g/mol. The summed E-state index contributed by atoms with van der Waals surface area (Å²) < 4.78 is 12.9. The molecule has 1 aromatic rings. The SMILES string of the molecule is CN(Cc1ccc(F)cc1)CC1(O)CCC(C(=O)O)CC1. The minimum Gasteiger partial charge on any atom is -0.481 e. The van der Waals surface area contributed by atoms with Gasteiger partial charge in [0.05, 0.1) is 11.5 Å². The van der Waals surface area contributed by atoms with E-state index in [-0.39, 0.29) is 11.7 Å². The van der Waals surface area contributed by atoms with E-state index in [9.17, 15) is 14.3 Å². The molecule has 0 aliphatic heterocycles. The summed E-state index contributed by atoms with van der Waals surface area (Å²) in [5.41, 5.74) is 0.169. The largest absolute Gasteiger partial charge is 0.481 e. The van der Waals surface area contributed by atoms with Gasteiger partial charge in [0, 0.05) is 13.1 Å². The molecule has 0 amide bonds. The summed E-state index contributed by atoms with van der Waals surface area (Å²) in [6.45, 7) is 1.13. The van der Waals surface area contributed by atoms with Crippen molar-refractivity contribution in [3.05, 3.63) is 35.6 Å². The van der Waals surface area contributed by atoms with Crippen LogP contribution >= 0.6 is 0 Å². The quantitative estimate of drug-likeness (QED) is 0.875. The summed E-state index contributed by atoms with van der Waals surface area (Å²) in [6.07, 6.45) is 2.07. The smallest absolute Gasteiger partial charge is 0.306 e. The van der Waals surface area contributed by atoms with Crippen LogP contribution in [0.2, 0.25) is 0 Å². The summed E-state index contributed by atoms with van der Waals surface area (Å²) in [6, 6.07) is 6.32. The fraction of sp³-hybridized carbons (Fsp3) is 0.562. The van der Waals surface area contributed by atoms with Gasteiger partial charge in [0.2, 0.25) is 0 Å². The van der Waals surface area contributed by atoms with E-state index in [0.717, 1.165) is 5.56 Å². The Kier molecular flexibility index (Phi) is 4.96. The second-order valence-electron chi connectivity index (χ2n) is 6.14. The average molecular weight is 295 g/mol. The van der Waals surface area contributed by atoms with Crippen LogP contribution in [0.5, 0.6) is 0 Å². The Morgan fingerprint density at radius 1 is 1.33 bits per heavy atom. The molecule has 116 valence electrons. The molecule has 0 bridgehead atoms. The number of rotatable bonds is 5. The molecule has 1 aliphatic carbocycles. The number of nitrogens with zero attached hydrogens (tertiary/aromatic N) is 1. The van der Waals surface area contributed by atoms with Gasteiger partial charge in [-0.2, -0.15) is 0 Å². The van der Waals surface area contributed by atoms with Crippen LogP contribution in [0.4, 0.5) is 4.39 Å². The zero-order valence-electron chi connectivity index (χ0n) is 12.3. The van der Waals surface area contributed by atoms with Gasteiger partial charge in [-0.05, 0) is 50.4 Å². The normalized spacial score (nSPS) is 26.0. The summed E-state index contributed by atoms with van der Waals surface area (Å²) >= 11 is 0. The molecule has 21 heavy (non-hydrogen) atoms. The Balaban J connectivity index is 1.86. The highest BCUT2D eigenvalue weighted by atomic mass is 19.1. The predicted octanol–water partition coefficient (Wildman–Crippen LogP) is 2.26. The van der Waals surface area contributed by atoms with E-state index in [1.807, 2.05) is 11.9 Å². The number of carbonyl (C=O) groups is 1. The molecular weight excluding hydrogens is 273 g/mol. The number of halogens is 1. The number of likely N-dealkylation sites (N-methyl/N-ethyl adjacent to an activating group) is 1. The number of hydrogen-bond donors (Lipinski definition) is 2. The lowest BCUT2D eigenvalue weighted by Gasteiger charge is -2.37. The highest BCUT2D eigenvalue weighted by Gasteiger charge is 2.36. The first-order chi connectivity index (χ1) is 9.88. The fourth-order valence-corrected chi connectivity index (χ4v) is 3.02. The van der Waals surface area contributed by atoms with Crippen LogP contribution < -0.4 is 0 Å². The van der Waals surface area contributed by atoms with Gasteiger partial charge in [-0.1, -0.05) is 12.1 Å². The van der Waals surface area contributed by atoms with Crippen LogP contribution in [0.15, 0.2) is 24.3 Å². The molecule has 0 atom stereocenters. The molecule has 1 aromatic carbocycles. The Morgan fingerprint density at radius 2 is 1.90 bits per heavy atom. The zero-order valence-corrected chi connectivity index (χ0v) is 12.3. The van der Waals surface area contributed by atoms with E-state index in [1.165, 1.54) is 12.1 Å². The molecule has 0 spiro atoms. The topological polar surface area (TPSA) is 60.8 Å². The van der Waals surface area contributed by atoms with E-state index in [4.69, 9.17) is 5.11 Å². The lowest BCUT2D eigenvalue weighted by Crippen LogP contribution is -2.44. The molecule has 1 saturated carbocycles. The maximum atomic E-state index is 12.9. The number of aliphatic carboxylic acids is 1. The molecule has 4 nitrogen and oxygen atoms in total. The van der Waals surface area contributed by atoms with Gasteiger partial charge in [0.25, 0.3) is 0 Å². The Bertz CT molecular complexity index is 481. The molecule has 1 fully saturated rings. The van der Waals surface area contributed by atoms with E-state index in [1.54, 1.807) is 12.1 Å². The Labute approximate surface area is 124 Å². The lowest BCUT2D eigenvalue weighted by molar-refractivity contribution is -0.145. The van der Waals surface area contributed by atoms with Gasteiger partial charge in [0.1, 0.15) is 5.82 Å². The Hall–Kier alpha value is -1.46. The van der Waals surface area contributed by atoms with Crippen LogP contribution in [0.3, 0.4) is 0 Å². The van der Waals surface area contributed by atoms with Crippen molar-refractivity contribution in [2.75, 3.05) is 13.6 Å². The molecule has 2 N–H and O–H groups in total. The number of carboxylic acids is 1. The first-order valence-electron chi connectivity index (χ1n) is 7.26. The van der Waals surface area contributed by atoms with E-state index >= 15 is 0 Å². The van der Waals surface area contributed by atoms with Crippen LogP contribution in [-0.2, 0) is 11.3 Å². The van der Waals surface area contributed by atoms with Crippen molar-refractivity contribution in [1.82, 2.24) is 4.90 Å². The highest BCUT2D eigenvalue weighted by molar-refractivity contribution is 5.70. The van der Waals surface area contributed by atoms with E-state index in [2.05, 4.69) is 0 Å². The molecule has 2 rings (SSSR count). The molecule has 1 aliphatic rings. The second kappa shape index (κ2) is 6.54. The third kappa shape index (κ3) is 4.51. The van der Waals surface area contributed by atoms with Crippen LogP contribution in [0, 0.1) is 11.7 Å². The molecule has 0 aromatic heterocycles. The molecule has 0 heterocycles. The number of carboxylic acid groups (broad SMARTS) is 1. The molecule has 5 heteroatoms. The number of aliphatic hydroxyl groups is 1. The minimum atomic E-state index is -0.819. The number of hydrogen-bond acceptors (Lipinski definition) is 3. The van der Waals surface area contributed by atoms with Crippen molar-refractivity contribution in [2.45, 2.75) is 37.8 Å². The second-order valence-corrected chi connectivity index (χ2v) is 6.14. The van der Waals surface area contributed by atoms with Gasteiger partial charge in [-0.3, -0.25) is 9.69 Å². The first kappa shape index (κ1) is 15.9. The summed E-state index contributed by atoms with van der Waals surface area (Å²) in [5.74, 6) is -1.35. The first-order valence-corrected chi connectivity index (χ1v) is 7.26. The van der Waals surface area contributed by atoms with Gasteiger partial charge in [-0.15, -0.1) is 0 Å².